The van der Waals surface area contributed by atoms with Gasteiger partial charge in [-0.15, -0.1) is 0 Å². The largest absolute Gasteiger partial charge is 0.478 e. The maximum atomic E-state index is 13.3. The van der Waals surface area contributed by atoms with E-state index in [-0.39, 0.29) is 24.3 Å². The van der Waals surface area contributed by atoms with Crippen molar-refractivity contribution in [3.8, 4) is 0 Å². The van der Waals surface area contributed by atoms with E-state index in [1.54, 1.807) is 0 Å². The van der Waals surface area contributed by atoms with E-state index < -0.39 is 51.9 Å². The number of carbonyl (C=O) groups is 5. The van der Waals surface area contributed by atoms with Crippen LogP contribution in [0.5, 0.6) is 0 Å². The van der Waals surface area contributed by atoms with Gasteiger partial charge in [-0.25, -0.2) is 19.2 Å². The molecule has 0 heterocycles. The average molecular weight is 414 g/mol. The predicted octanol–water partition coefficient (Wildman–Crippen LogP) is 2.67. The maximum absolute atomic E-state index is 13.3. The number of carbonyl (C=O) groups excluding carboxylic acids is 3. The van der Waals surface area contributed by atoms with E-state index in [0.717, 1.165) is 12.1 Å². The summed E-state index contributed by atoms with van der Waals surface area (Å²) >= 11 is 0. The van der Waals surface area contributed by atoms with E-state index in [0.29, 0.717) is 0 Å². The van der Waals surface area contributed by atoms with Gasteiger partial charge < -0.3 is 19.7 Å². The molecule has 0 aliphatic heterocycles. The monoisotopic (exact) mass is 414 g/mol. The molecule has 0 bridgehead atoms. The minimum absolute atomic E-state index is 0.0665. The van der Waals surface area contributed by atoms with Crippen molar-refractivity contribution in [1.29, 1.82) is 0 Å². The molecular weight excluding hydrogens is 396 g/mol. The SMILES string of the molecule is CCOC(=O)c1c(C(=O)O)cccc1C(=O)c1cccc(C(=O)O)c1C(=O)OCC. The second-order valence-electron chi connectivity index (χ2n) is 5.84. The Morgan fingerprint density at radius 1 is 0.667 bits per heavy atom. The first kappa shape index (κ1) is 22.3. The number of carboxylic acids is 2. The topological polar surface area (TPSA) is 144 Å². The molecule has 0 unspecified atom stereocenters. The normalized spacial score (nSPS) is 10.2. The number of benzene rings is 2. The van der Waals surface area contributed by atoms with Gasteiger partial charge in [0.25, 0.3) is 0 Å². The van der Waals surface area contributed by atoms with Gasteiger partial charge in [-0.1, -0.05) is 24.3 Å². The molecule has 2 aromatic rings. The third-order valence-corrected chi connectivity index (χ3v) is 4.04. The Bertz CT molecular complexity index is 955. The van der Waals surface area contributed by atoms with Gasteiger partial charge in [-0.3, -0.25) is 4.79 Å². The van der Waals surface area contributed by atoms with E-state index in [9.17, 15) is 34.2 Å². The summed E-state index contributed by atoms with van der Waals surface area (Å²) in [6.07, 6.45) is 0. The van der Waals surface area contributed by atoms with Crippen molar-refractivity contribution in [3.63, 3.8) is 0 Å². The third-order valence-electron chi connectivity index (χ3n) is 4.04. The van der Waals surface area contributed by atoms with Gasteiger partial charge in [0.15, 0.2) is 5.78 Å². The predicted molar refractivity (Wildman–Crippen MR) is 102 cm³/mol. The van der Waals surface area contributed by atoms with Crippen molar-refractivity contribution >= 4 is 29.7 Å². The van der Waals surface area contributed by atoms with Crippen molar-refractivity contribution in [3.05, 3.63) is 69.8 Å². The summed E-state index contributed by atoms with van der Waals surface area (Å²) in [5.74, 6) is -5.92. The van der Waals surface area contributed by atoms with Gasteiger partial charge >= 0.3 is 23.9 Å². The first-order valence-corrected chi connectivity index (χ1v) is 8.86. The quantitative estimate of drug-likeness (QED) is 0.492. The second-order valence-corrected chi connectivity index (χ2v) is 5.84. The van der Waals surface area contributed by atoms with E-state index in [1.807, 2.05) is 0 Å². The van der Waals surface area contributed by atoms with Crippen molar-refractivity contribution in [1.82, 2.24) is 0 Å². The fraction of sp³-hybridized carbons (Fsp3) is 0.190. The van der Waals surface area contributed by atoms with Crippen molar-refractivity contribution < 1.29 is 43.7 Å². The molecule has 2 aromatic carbocycles. The summed E-state index contributed by atoms with van der Waals surface area (Å²) < 4.78 is 9.77. The molecule has 0 saturated carbocycles. The summed E-state index contributed by atoms with van der Waals surface area (Å²) in [6.45, 7) is 2.89. The molecule has 2 N–H and O–H groups in total. The summed E-state index contributed by atoms with van der Waals surface area (Å²) in [4.78, 5) is 61.2. The minimum atomic E-state index is -1.46. The Balaban J connectivity index is 2.78. The van der Waals surface area contributed by atoms with E-state index in [2.05, 4.69) is 0 Å². The molecule has 0 aromatic heterocycles. The number of hydrogen-bond donors (Lipinski definition) is 2. The Morgan fingerprint density at radius 3 is 1.30 bits per heavy atom. The first-order valence-electron chi connectivity index (χ1n) is 8.86. The van der Waals surface area contributed by atoms with Gasteiger partial charge in [0.05, 0.1) is 35.5 Å². The van der Waals surface area contributed by atoms with Crippen LogP contribution >= 0.6 is 0 Å². The van der Waals surface area contributed by atoms with Gasteiger partial charge in [-0.05, 0) is 26.0 Å². The fourth-order valence-electron chi connectivity index (χ4n) is 2.83. The van der Waals surface area contributed by atoms with Gasteiger partial charge in [-0.2, -0.15) is 0 Å². The highest BCUT2D eigenvalue weighted by molar-refractivity contribution is 6.21. The molecule has 0 atom stereocenters. The number of aromatic carboxylic acids is 2. The molecule has 0 radical (unpaired) electrons. The molecule has 0 amide bonds. The Morgan fingerprint density at radius 2 is 1.00 bits per heavy atom. The van der Waals surface area contributed by atoms with Crippen LogP contribution in [-0.2, 0) is 9.47 Å². The van der Waals surface area contributed by atoms with Crippen LogP contribution in [0.4, 0.5) is 0 Å². The van der Waals surface area contributed by atoms with Crippen LogP contribution in [0.25, 0.3) is 0 Å². The second kappa shape index (κ2) is 9.46. The lowest BCUT2D eigenvalue weighted by Gasteiger charge is -2.14. The lowest BCUT2D eigenvalue weighted by Crippen LogP contribution is -2.21. The smallest absolute Gasteiger partial charge is 0.339 e. The lowest BCUT2D eigenvalue weighted by molar-refractivity contribution is 0.0510. The molecule has 2 rings (SSSR count). The average Bonchev–Trinajstić information content (AvgIpc) is 2.72. The maximum Gasteiger partial charge on any atom is 0.339 e. The first-order chi connectivity index (χ1) is 14.2. The molecule has 0 aliphatic rings. The summed E-state index contributed by atoms with van der Waals surface area (Å²) in [7, 11) is 0. The van der Waals surface area contributed by atoms with Crippen LogP contribution in [-0.4, -0.2) is 53.1 Å². The van der Waals surface area contributed by atoms with Crippen molar-refractivity contribution in [2.45, 2.75) is 13.8 Å². The van der Waals surface area contributed by atoms with Crippen LogP contribution < -0.4 is 0 Å². The van der Waals surface area contributed by atoms with Gasteiger partial charge in [0.1, 0.15) is 0 Å². The lowest BCUT2D eigenvalue weighted by atomic mass is 9.90. The van der Waals surface area contributed by atoms with E-state index in [1.165, 1.54) is 38.1 Å². The Hall–Kier alpha value is -4.01. The molecule has 9 nitrogen and oxygen atoms in total. The number of ketones is 1. The zero-order chi connectivity index (χ0) is 22.4. The Labute approximate surface area is 170 Å². The van der Waals surface area contributed by atoms with Crippen LogP contribution in [0.1, 0.15) is 71.2 Å². The van der Waals surface area contributed by atoms with Crippen LogP contribution in [0.2, 0.25) is 0 Å². The molecule has 0 aliphatic carbocycles. The molecule has 0 fully saturated rings. The highest BCUT2D eigenvalue weighted by Gasteiger charge is 2.30. The standard InChI is InChI=1S/C21H18O9/c1-3-29-20(27)15-11(7-5-9-13(15)18(23)24)17(22)12-8-6-10-14(19(25)26)16(12)21(28)30-4-2/h5-10H,3-4H2,1-2H3,(H,23,24)(H,25,26). The number of carboxylic acid groups (broad SMARTS) is 2. The van der Waals surface area contributed by atoms with Crippen LogP contribution in [0, 0.1) is 0 Å². The van der Waals surface area contributed by atoms with Gasteiger partial charge in [0.2, 0.25) is 0 Å². The number of ether oxygens (including phenoxy) is 2. The van der Waals surface area contributed by atoms with Crippen LogP contribution in [0.3, 0.4) is 0 Å². The molecular formula is C21H18O9. The number of hydrogen-bond acceptors (Lipinski definition) is 7. The molecule has 0 saturated heterocycles. The minimum Gasteiger partial charge on any atom is -0.478 e. The molecule has 9 heteroatoms. The van der Waals surface area contributed by atoms with E-state index in [4.69, 9.17) is 9.47 Å². The Kier molecular flexibility index (Phi) is 7.03. The van der Waals surface area contributed by atoms with Crippen molar-refractivity contribution in [2.24, 2.45) is 0 Å². The number of esters is 2. The van der Waals surface area contributed by atoms with E-state index >= 15 is 0 Å². The third kappa shape index (κ3) is 4.35. The zero-order valence-corrected chi connectivity index (χ0v) is 16.1. The van der Waals surface area contributed by atoms with Crippen LogP contribution in [0.15, 0.2) is 36.4 Å². The fourth-order valence-corrected chi connectivity index (χ4v) is 2.83. The highest BCUT2D eigenvalue weighted by atomic mass is 16.5. The summed E-state index contributed by atoms with van der Waals surface area (Å²) in [6, 6.07) is 7.17. The molecule has 30 heavy (non-hydrogen) atoms. The summed E-state index contributed by atoms with van der Waals surface area (Å²) in [5, 5.41) is 18.8. The van der Waals surface area contributed by atoms with Crippen molar-refractivity contribution in [2.75, 3.05) is 13.2 Å². The zero-order valence-electron chi connectivity index (χ0n) is 16.1. The highest BCUT2D eigenvalue weighted by Crippen LogP contribution is 2.24. The molecule has 156 valence electrons. The van der Waals surface area contributed by atoms with Gasteiger partial charge in [0, 0.05) is 11.1 Å². The summed E-state index contributed by atoms with van der Waals surface area (Å²) in [5.41, 5.74) is -2.61. The molecule has 0 spiro atoms. The number of rotatable bonds is 8.